The van der Waals surface area contributed by atoms with E-state index < -0.39 is 0 Å². The molecule has 1 amide bonds. The Morgan fingerprint density at radius 1 is 1.11 bits per heavy atom. The zero-order valence-corrected chi connectivity index (χ0v) is 15.7. The van der Waals surface area contributed by atoms with Gasteiger partial charge >= 0.3 is 0 Å². The van der Waals surface area contributed by atoms with Gasteiger partial charge in [-0.1, -0.05) is 12.1 Å². The third-order valence-electron chi connectivity index (χ3n) is 4.50. The molecule has 1 N–H and O–H groups in total. The maximum atomic E-state index is 12.1. The predicted molar refractivity (Wildman–Crippen MR) is 101 cm³/mol. The molecule has 3 rings (SSSR count). The van der Waals surface area contributed by atoms with Crippen LogP contribution in [0, 0.1) is 0 Å². The van der Waals surface area contributed by atoms with Gasteiger partial charge in [0.05, 0.1) is 33.1 Å². The fourth-order valence-corrected chi connectivity index (χ4v) is 3.28. The fourth-order valence-electron chi connectivity index (χ4n) is 3.28. The largest absolute Gasteiger partial charge is 0.508 e. The van der Waals surface area contributed by atoms with Gasteiger partial charge in [-0.25, -0.2) is 5.01 Å². The third-order valence-corrected chi connectivity index (χ3v) is 4.50. The Balaban J connectivity index is 2.05. The molecule has 0 spiro atoms. The molecule has 1 aliphatic rings. The Hall–Kier alpha value is -3.22. The van der Waals surface area contributed by atoms with Crippen LogP contribution in [0.5, 0.6) is 23.0 Å². The number of hydrazone groups is 1. The zero-order chi connectivity index (χ0) is 19.6. The van der Waals surface area contributed by atoms with Crippen molar-refractivity contribution in [3.8, 4) is 23.0 Å². The first kappa shape index (κ1) is 18.6. The normalized spacial score (nSPS) is 16.1. The van der Waals surface area contributed by atoms with Crippen LogP contribution in [0.2, 0.25) is 0 Å². The summed E-state index contributed by atoms with van der Waals surface area (Å²) in [5.74, 6) is 1.47. The molecule has 1 unspecified atom stereocenters. The van der Waals surface area contributed by atoms with Crippen molar-refractivity contribution in [2.24, 2.45) is 5.10 Å². The summed E-state index contributed by atoms with van der Waals surface area (Å²) in [4.78, 5) is 12.1. The van der Waals surface area contributed by atoms with E-state index in [-0.39, 0.29) is 17.7 Å². The number of methoxy groups -OCH3 is 3. The second-order valence-electron chi connectivity index (χ2n) is 6.11. The average Bonchev–Trinajstić information content (AvgIpc) is 3.12. The molecule has 1 atom stereocenters. The minimum Gasteiger partial charge on any atom is -0.508 e. The van der Waals surface area contributed by atoms with Crippen molar-refractivity contribution in [2.75, 3.05) is 21.3 Å². The first-order chi connectivity index (χ1) is 13.0. The Morgan fingerprint density at radius 2 is 1.85 bits per heavy atom. The summed E-state index contributed by atoms with van der Waals surface area (Å²) in [6.45, 7) is 1.47. The number of aromatic hydroxyl groups is 1. The van der Waals surface area contributed by atoms with Crippen molar-refractivity contribution in [2.45, 2.75) is 19.4 Å². The molecule has 1 heterocycles. The summed E-state index contributed by atoms with van der Waals surface area (Å²) < 4.78 is 16.3. The van der Waals surface area contributed by atoms with Crippen molar-refractivity contribution in [3.63, 3.8) is 0 Å². The van der Waals surface area contributed by atoms with E-state index in [0.717, 1.165) is 11.1 Å². The number of ether oxygens (including phenoxy) is 3. The molecule has 0 fully saturated rings. The first-order valence-electron chi connectivity index (χ1n) is 8.45. The minimum atomic E-state index is -0.303. The van der Waals surface area contributed by atoms with Crippen LogP contribution in [0.1, 0.15) is 30.5 Å². The summed E-state index contributed by atoms with van der Waals surface area (Å²) in [5, 5.41) is 15.8. The number of phenols is 1. The number of carbonyl (C=O) groups is 1. The lowest BCUT2D eigenvalue weighted by molar-refractivity contribution is -0.130. The number of hydrogen-bond donors (Lipinski definition) is 1. The molecule has 0 aromatic heterocycles. The van der Waals surface area contributed by atoms with Gasteiger partial charge in [0, 0.05) is 18.9 Å². The van der Waals surface area contributed by atoms with Gasteiger partial charge in [-0.15, -0.1) is 0 Å². The van der Waals surface area contributed by atoms with Crippen LogP contribution in [-0.4, -0.2) is 43.1 Å². The number of carbonyl (C=O) groups excluding carboxylic acids is 1. The molecular weight excluding hydrogens is 348 g/mol. The molecule has 0 radical (unpaired) electrons. The number of phenolic OH excluding ortho intramolecular Hbond substituents is 1. The predicted octanol–water partition coefficient (Wildman–Crippen LogP) is 3.12. The van der Waals surface area contributed by atoms with Gasteiger partial charge in [0.1, 0.15) is 5.75 Å². The van der Waals surface area contributed by atoms with E-state index in [2.05, 4.69) is 5.10 Å². The second kappa shape index (κ2) is 7.57. The zero-order valence-electron chi connectivity index (χ0n) is 15.7. The SMILES string of the molecule is COc1ccc(C2=NN(C(C)=O)C(c3cccc(O)c3)C2)c(OC)c1OC. The lowest BCUT2D eigenvalue weighted by Gasteiger charge is -2.20. The Bertz CT molecular complexity index is 894. The van der Waals surface area contributed by atoms with Gasteiger partial charge in [-0.05, 0) is 29.8 Å². The van der Waals surface area contributed by atoms with Gasteiger partial charge in [0.2, 0.25) is 11.7 Å². The minimum absolute atomic E-state index is 0.146. The number of hydrogen-bond acceptors (Lipinski definition) is 6. The molecule has 0 saturated heterocycles. The number of amides is 1. The van der Waals surface area contributed by atoms with E-state index in [1.165, 1.54) is 19.0 Å². The van der Waals surface area contributed by atoms with Crippen molar-refractivity contribution in [1.29, 1.82) is 0 Å². The summed E-state index contributed by atoms with van der Waals surface area (Å²) in [6, 6.07) is 10.2. The monoisotopic (exact) mass is 370 g/mol. The second-order valence-corrected chi connectivity index (χ2v) is 6.11. The van der Waals surface area contributed by atoms with Crippen LogP contribution < -0.4 is 14.2 Å². The summed E-state index contributed by atoms with van der Waals surface area (Å²) in [5.41, 5.74) is 2.23. The van der Waals surface area contributed by atoms with Crippen LogP contribution in [-0.2, 0) is 4.79 Å². The van der Waals surface area contributed by atoms with Gasteiger partial charge in [0.25, 0.3) is 0 Å². The number of rotatable bonds is 5. The highest BCUT2D eigenvalue weighted by Gasteiger charge is 2.33. The molecule has 2 aromatic rings. The molecule has 2 aromatic carbocycles. The van der Waals surface area contributed by atoms with Crippen molar-refractivity contribution in [1.82, 2.24) is 5.01 Å². The van der Waals surface area contributed by atoms with Gasteiger partial charge < -0.3 is 19.3 Å². The van der Waals surface area contributed by atoms with E-state index in [9.17, 15) is 9.90 Å². The van der Waals surface area contributed by atoms with E-state index in [0.29, 0.717) is 29.4 Å². The molecule has 1 aliphatic heterocycles. The molecule has 0 saturated carbocycles. The van der Waals surface area contributed by atoms with Crippen LogP contribution in [0.3, 0.4) is 0 Å². The van der Waals surface area contributed by atoms with Gasteiger partial charge in [-0.3, -0.25) is 4.79 Å². The van der Waals surface area contributed by atoms with Crippen LogP contribution in [0.25, 0.3) is 0 Å². The first-order valence-corrected chi connectivity index (χ1v) is 8.45. The highest BCUT2D eigenvalue weighted by Crippen LogP contribution is 2.43. The topological polar surface area (TPSA) is 80.6 Å². The van der Waals surface area contributed by atoms with Crippen molar-refractivity contribution >= 4 is 11.6 Å². The maximum absolute atomic E-state index is 12.1. The molecule has 0 bridgehead atoms. The lowest BCUT2D eigenvalue weighted by atomic mass is 9.97. The third kappa shape index (κ3) is 3.40. The Morgan fingerprint density at radius 3 is 2.44 bits per heavy atom. The van der Waals surface area contributed by atoms with Gasteiger partial charge in [-0.2, -0.15) is 5.10 Å². The Kier molecular flexibility index (Phi) is 5.21. The van der Waals surface area contributed by atoms with E-state index in [1.807, 2.05) is 12.1 Å². The van der Waals surface area contributed by atoms with E-state index >= 15 is 0 Å². The Labute approximate surface area is 157 Å². The van der Waals surface area contributed by atoms with E-state index in [1.54, 1.807) is 38.5 Å². The highest BCUT2D eigenvalue weighted by molar-refractivity contribution is 6.06. The molecular formula is C20H22N2O5. The number of nitrogens with zero attached hydrogens (tertiary/aromatic N) is 2. The number of benzene rings is 2. The quantitative estimate of drug-likeness (QED) is 0.875. The smallest absolute Gasteiger partial charge is 0.240 e. The maximum Gasteiger partial charge on any atom is 0.240 e. The van der Waals surface area contributed by atoms with Crippen molar-refractivity contribution < 1.29 is 24.1 Å². The van der Waals surface area contributed by atoms with Crippen molar-refractivity contribution in [3.05, 3.63) is 47.5 Å². The standard InChI is InChI=1S/C20H22N2O5/c1-12(23)22-17(13-6-5-7-14(24)10-13)11-16(21-22)15-8-9-18(25-2)20(27-4)19(15)26-3/h5-10,17,24H,11H2,1-4H3. The molecule has 7 heteroatoms. The lowest BCUT2D eigenvalue weighted by Crippen LogP contribution is -2.24. The molecule has 0 aliphatic carbocycles. The van der Waals surface area contributed by atoms with Gasteiger partial charge in [0.15, 0.2) is 11.5 Å². The van der Waals surface area contributed by atoms with Crippen LogP contribution in [0.4, 0.5) is 0 Å². The molecule has 142 valence electrons. The molecule has 7 nitrogen and oxygen atoms in total. The highest BCUT2D eigenvalue weighted by atomic mass is 16.5. The summed E-state index contributed by atoms with van der Waals surface area (Å²) in [7, 11) is 4.64. The van der Waals surface area contributed by atoms with Crippen LogP contribution >= 0.6 is 0 Å². The summed E-state index contributed by atoms with van der Waals surface area (Å²) in [6.07, 6.45) is 0.481. The van der Waals surface area contributed by atoms with E-state index in [4.69, 9.17) is 14.2 Å². The average molecular weight is 370 g/mol. The fraction of sp³-hybridized carbons (Fsp3) is 0.300. The summed E-state index contributed by atoms with van der Waals surface area (Å²) >= 11 is 0. The molecule has 27 heavy (non-hydrogen) atoms. The van der Waals surface area contributed by atoms with Crippen LogP contribution in [0.15, 0.2) is 41.5 Å².